The number of halogens is 1. The van der Waals surface area contributed by atoms with Gasteiger partial charge in [-0.2, -0.15) is 0 Å². The van der Waals surface area contributed by atoms with Crippen molar-refractivity contribution in [1.82, 2.24) is 0 Å². The molecular weight excluding hydrogens is 365 g/mol. The van der Waals surface area contributed by atoms with E-state index in [1.54, 1.807) is 0 Å². The van der Waals surface area contributed by atoms with E-state index >= 15 is 0 Å². The van der Waals surface area contributed by atoms with Gasteiger partial charge in [0, 0.05) is 20.4 Å². The summed E-state index contributed by atoms with van der Waals surface area (Å²) in [4.78, 5) is 0. The number of hydrogen-bond acceptors (Lipinski definition) is 0. The summed E-state index contributed by atoms with van der Waals surface area (Å²) in [7, 11) is 0. The Kier molecular flexibility index (Phi) is 8.06. The van der Waals surface area contributed by atoms with Gasteiger partial charge in [0.25, 0.3) is 0 Å². The molecule has 0 unspecified atom stereocenters. The topological polar surface area (TPSA) is 0 Å². The molecule has 0 nitrogen and oxygen atoms in total. The Bertz CT molecular complexity index is 326. The monoisotopic (exact) mass is 376 g/mol. The zero-order chi connectivity index (χ0) is 8.93. The van der Waals surface area contributed by atoms with Gasteiger partial charge in [0.05, 0.1) is 0 Å². The maximum atomic E-state index is 2.19. The van der Waals surface area contributed by atoms with Crippen molar-refractivity contribution >= 4 is 36.3 Å². The van der Waals surface area contributed by atoms with E-state index in [-0.39, 0.29) is 32.8 Å². The second-order valence-corrected chi connectivity index (χ2v) is 5.13. The average Bonchev–Trinajstić information content (AvgIpc) is 2.21. The van der Waals surface area contributed by atoms with Gasteiger partial charge >= 0.3 is 84.5 Å². The van der Waals surface area contributed by atoms with Crippen LogP contribution in [0.5, 0.6) is 0 Å². The molecule has 0 saturated carbocycles. The SMILES string of the molecule is Cl.[Pd].c1ccc([Se]c2ccccc2)cc1. The van der Waals surface area contributed by atoms with E-state index in [0.29, 0.717) is 15.0 Å². The molecule has 0 amide bonds. The van der Waals surface area contributed by atoms with Crippen LogP contribution in [0, 0.1) is 0 Å². The molecule has 2 rings (SSSR count). The molecule has 2 aromatic carbocycles. The van der Waals surface area contributed by atoms with Crippen LogP contribution in [0.1, 0.15) is 0 Å². The van der Waals surface area contributed by atoms with Crippen LogP contribution >= 0.6 is 12.4 Å². The summed E-state index contributed by atoms with van der Waals surface area (Å²) in [5.74, 6) is 0. The summed E-state index contributed by atoms with van der Waals surface area (Å²) >= 11 is 0.461. The zero-order valence-electron chi connectivity index (χ0n) is 7.91. The van der Waals surface area contributed by atoms with Gasteiger partial charge in [0.2, 0.25) is 0 Å². The molecule has 0 spiro atoms. The van der Waals surface area contributed by atoms with Gasteiger partial charge in [-0.1, -0.05) is 0 Å². The molecule has 0 bridgehead atoms. The maximum absolute atomic E-state index is 2.19. The van der Waals surface area contributed by atoms with Crippen LogP contribution in [0.3, 0.4) is 0 Å². The summed E-state index contributed by atoms with van der Waals surface area (Å²) in [5, 5.41) is 0. The summed E-state index contributed by atoms with van der Waals surface area (Å²) < 4.78 is 2.86. The molecular formula is C12H11ClPdSe. The molecule has 2 aromatic rings. The van der Waals surface area contributed by atoms with E-state index in [0.717, 1.165) is 0 Å². The molecule has 0 saturated heterocycles. The zero-order valence-corrected chi connectivity index (χ0v) is 12.0. The van der Waals surface area contributed by atoms with Gasteiger partial charge in [0.1, 0.15) is 0 Å². The average molecular weight is 376 g/mol. The van der Waals surface area contributed by atoms with Crippen molar-refractivity contribution < 1.29 is 20.4 Å². The quantitative estimate of drug-likeness (QED) is 0.702. The van der Waals surface area contributed by atoms with Gasteiger partial charge in [-0.05, 0) is 0 Å². The Hall–Kier alpha value is -0.0882. The molecule has 0 aliphatic rings. The van der Waals surface area contributed by atoms with E-state index in [1.807, 2.05) is 0 Å². The Morgan fingerprint density at radius 2 is 0.933 bits per heavy atom. The molecule has 3 heteroatoms. The second kappa shape index (κ2) is 8.11. The van der Waals surface area contributed by atoms with Crippen molar-refractivity contribution in [3.8, 4) is 0 Å². The number of hydrogen-bond donors (Lipinski definition) is 0. The summed E-state index contributed by atoms with van der Waals surface area (Å²) in [6, 6.07) is 21.3. The Morgan fingerprint density at radius 1 is 0.600 bits per heavy atom. The van der Waals surface area contributed by atoms with Crippen molar-refractivity contribution in [3.05, 3.63) is 60.7 Å². The van der Waals surface area contributed by atoms with Crippen LogP contribution < -0.4 is 8.92 Å². The summed E-state index contributed by atoms with van der Waals surface area (Å²) in [5.41, 5.74) is 0. The fourth-order valence-corrected chi connectivity index (χ4v) is 2.91. The minimum absolute atomic E-state index is 0. The van der Waals surface area contributed by atoms with Crippen LogP contribution in [-0.2, 0) is 20.4 Å². The Labute approximate surface area is 117 Å². The molecule has 0 N–H and O–H groups in total. The minimum atomic E-state index is 0. The molecule has 0 aliphatic heterocycles. The van der Waals surface area contributed by atoms with E-state index in [1.165, 1.54) is 8.92 Å². The van der Waals surface area contributed by atoms with Crippen molar-refractivity contribution in [1.29, 1.82) is 0 Å². The van der Waals surface area contributed by atoms with Crippen LogP contribution in [0.25, 0.3) is 0 Å². The standard InChI is InChI=1S/C12H10Se.ClH.Pd/c1-3-7-11(8-4-1)13-12-9-5-2-6-10-12;;/h1-10H;1H;. The fourth-order valence-electron chi connectivity index (χ4n) is 1.11. The van der Waals surface area contributed by atoms with Crippen molar-refractivity contribution in [2.45, 2.75) is 0 Å². The third-order valence-corrected chi connectivity index (χ3v) is 3.85. The van der Waals surface area contributed by atoms with Crippen molar-refractivity contribution in [2.75, 3.05) is 0 Å². The van der Waals surface area contributed by atoms with Crippen LogP contribution in [0.4, 0.5) is 0 Å². The Morgan fingerprint density at radius 3 is 1.27 bits per heavy atom. The van der Waals surface area contributed by atoms with E-state index < -0.39 is 0 Å². The number of rotatable bonds is 2. The third-order valence-electron chi connectivity index (χ3n) is 1.72. The van der Waals surface area contributed by atoms with E-state index in [4.69, 9.17) is 0 Å². The molecule has 15 heavy (non-hydrogen) atoms. The van der Waals surface area contributed by atoms with Gasteiger partial charge < -0.3 is 0 Å². The van der Waals surface area contributed by atoms with Crippen LogP contribution in [0.2, 0.25) is 0 Å². The Balaban J connectivity index is 0.000000980. The molecule has 0 radical (unpaired) electrons. The third kappa shape index (κ3) is 4.98. The van der Waals surface area contributed by atoms with Crippen molar-refractivity contribution in [3.63, 3.8) is 0 Å². The second-order valence-electron chi connectivity index (χ2n) is 2.73. The predicted octanol–water partition coefficient (Wildman–Crippen LogP) is 1.76. The van der Waals surface area contributed by atoms with E-state index in [9.17, 15) is 0 Å². The fraction of sp³-hybridized carbons (Fsp3) is 0. The first-order valence-corrected chi connectivity index (χ1v) is 5.94. The van der Waals surface area contributed by atoms with Gasteiger partial charge in [-0.3, -0.25) is 0 Å². The summed E-state index contributed by atoms with van der Waals surface area (Å²) in [6.45, 7) is 0. The first kappa shape index (κ1) is 14.9. The molecule has 0 heterocycles. The first-order chi connectivity index (χ1) is 6.45. The van der Waals surface area contributed by atoms with Gasteiger partial charge in [-0.25, -0.2) is 0 Å². The number of benzene rings is 2. The summed E-state index contributed by atoms with van der Waals surface area (Å²) in [6.07, 6.45) is 0. The molecule has 0 atom stereocenters. The first-order valence-electron chi connectivity index (χ1n) is 4.23. The van der Waals surface area contributed by atoms with E-state index in [2.05, 4.69) is 60.7 Å². The van der Waals surface area contributed by atoms with Crippen LogP contribution in [-0.4, -0.2) is 15.0 Å². The molecule has 82 valence electrons. The van der Waals surface area contributed by atoms with Gasteiger partial charge in [-0.15, -0.1) is 12.4 Å². The predicted molar refractivity (Wildman–Crippen MR) is 65.2 cm³/mol. The normalized spacial score (nSPS) is 8.53. The van der Waals surface area contributed by atoms with Crippen LogP contribution in [0.15, 0.2) is 60.7 Å². The molecule has 0 aromatic heterocycles. The molecule has 0 aliphatic carbocycles. The van der Waals surface area contributed by atoms with Gasteiger partial charge in [0.15, 0.2) is 0 Å². The van der Waals surface area contributed by atoms with Crippen molar-refractivity contribution in [2.24, 2.45) is 0 Å². The molecule has 0 fully saturated rings.